The van der Waals surface area contributed by atoms with Crippen LogP contribution in [0.3, 0.4) is 0 Å². The van der Waals surface area contributed by atoms with E-state index in [2.05, 4.69) is 26.6 Å². The molecule has 0 aromatic rings. The first-order chi connectivity index (χ1) is 39.2. The third-order valence-electron chi connectivity index (χ3n) is 15.7. The van der Waals surface area contributed by atoms with Crippen LogP contribution in [0.25, 0.3) is 0 Å². The van der Waals surface area contributed by atoms with Gasteiger partial charge in [0.2, 0.25) is 65.0 Å². The van der Waals surface area contributed by atoms with E-state index in [4.69, 9.17) is 0 Å². The van der Waals surface area contributed by atoms with Crippen LogP contribution in [0.2, 0.25) is 0 Å². The minimum absolute atomic E-state index is 0.107. The van der Waals surface area contributed by atoms with E-state index < -0.39 is 162 Å². The molecule has 7 N–H and O–H groups in total. The molecule has 1 rings (SSSR count). The van der Waals surface area contributed by atoms with Crippen LogP contribution in [0.15, 0.2) is 12.2 Å². The Labute approximate surface area is 507 Å². The molecule has 1 saturated heterocycles. The molecule has 24 nitrogen and oxygen atoms in total. The zero-order valence-electron chi connectivity index (χ0n) is 55.4. The van der Waals surface area contributed by atoms with Gasteiger partial charge in [0.15, 0.2) is 0 Å². The van der Waals surface area contributed by atoms with E-state index in [1.807, 2.05) is 55.4 Å². The summed E-state index contributed by atoms with van der Waals surface area (Å²) in [6.07, 6.45) is 1.08. The van der Waals surface area contributed by atoms with Crippen molar-refractivity contribution in [2.24, 2.45) is 41.4 Å². The summed E-state index contributed by atoms with van der Waals surface area (Å²) < 4.78 is 0. The molecule has 0 saturated carbocycles. The Hall–Kier alpha value is -6.17. The van der Waals surface area contributed by atoms with E-state index in [1.165, 1.54) is 77.8 Å². The van der Waals surface area contributed by atoms with Gasteiger partial charge in [0.25, 0.3) is 0 Å². The molecule has 486 valence electrons. The van der Waals surface area contributed by atoms with Crippen molar-refractivity contribution in [3.63, 3.8) is 0 Å². The van der Waals surface area contributed by atoms with Gasteiger partial charge in [-0.1, -0.05) is 102 Å². The summed E-state index contributed by atoms with van der Waals surface area (Å²) >= 11 is 0. The van der Waals surface area contributed by atoms with Crippen LogP contribution in [0.4, 0.5) is 0 Å². The Morgan fingerprint density at radius 2 is 0.800 bits per heavy atom. The first kappa shape index (κ1) is 76.8. The first-order valence-electron chi connectivity index (χ1n) is 30.2. The summed E-state index contributed by atoms with van der Waals surface area (Å²) in [7, 11) is 8.16. The summed E-state index contributed by atoms with van der Waals surface area (Å²) in [4.78, 5) is 166. The number of aliphatic hydroxyl groups is 2. The third kappa shape index (κ3) is 22.2. The lowest BCUT2D eigenvalue weighted by atomic mass is 9.91. The number of carbonyl (C=O) groups excluding carboxylic acids is 11. The molecule has 0 aromatic carbocycles. The van der Waals surface area contributed by atoms with Gasteiger partial charge in [-0.25, -0.2) is 0 Å². The molecular formula is C61H109N11O13. The number of hydrogen-bond donors (Lipinski definition) is 7. The number of hydrogen-bond acceptors (Lipinski definition) is 13. The van der Waals surface area contributed by atoms with E-state index in [0.29, 0.717) is 0 Å². The standard InChI is InChI=1S/C61H109N11O13/c1-24-25-26-38(14)51(75)50-56(80)66-49(41(17)73)59(83)67(18)31-46(74)68(19)42(27-32(2)3)54(78)64-47(36(10)11)60(84)70(21)43(28-33(4)5)53(77)62-39(15)52(76)63-40(16)57(81)71(22)45(30-35(8)9)58(82)69(20)44(29-34(6)7)55(79)65-48(37(12)13)61(85)72(50)23/h24-25,32-45,47-51,73,75H,26-31H2,1-23H3,(H,62,77)(H,63,76)(H,64,78)(H,65,79)(H,66,80)/b25-24+/t38-,39+,40-,41-,42-,43-,44+,45+,47-,48+,49+,50+,51-/m1/s1. The van der Waals surface area contributed by atoms with Crippen molar-refractivity contribution in [2.45, 2.75) is 222 Å². The van der Waals surface area contributed by atoms with Gasteiger partial charge in [-0.15, -0.1) is 0 Å². The molecular weight excluding hydrogens is 1090 g/mol. The van der Waals surface area contributed by atoms with Crippen molar-refractivity contribution in [3.8, 4) is 0 Å². The van der Waals surface area contributed by atoms with Gasteiger partial charge in [-0.05, 0) is 101 Å². The van der Waals surface area contributed by atoms with Crippen molar-refractivity contribution in [1.29, 1.82) is 0 Å². The van der Waals surface area contributed by atoms with E-state index in [9.17, 15) is 63.0 Å². The average molecular weight is 1200 g/mol. The lowest BCUT2D eigenvalue weighted by Crippen LogP contribution is -2.64. The monoisotopic (exact) mass is 1200 g/mol. The average Bonchev–Trinajstić information content (AvgIpc) is 3.60. The quantitative estimate of drug-likeness (QED) is 0.116. The van der Waals surface area contributed by atoms with Crippen molar-refractivity contribution in [3.05, 3.63) is 12.2 Å². The van der Waals surface area contributed by atoms with Crippen LogP contribution in [0, 0.1) is 41.4 Å². The molecule has 0 unspecified atom stereocenters. The predicted molar refractivity (Wildman–Crippen MR) is 325 cm³/mol. The number of rotatable bonds is 15. The Kier molecular flexibility index (Phi) is 31.5. The van der Waals surface area contributed by atoms with E-state index in [-0.39, 0.29) is 55.8 Å². The fourth-order valence-corrected chi connectivity index (χ4v) is 10.2. The highest BCUT2D eigenvalue weighted by Gasteiger charge is 2.45. The summed E-state index contributed by atoms with van der Waals surface area (Å²) in [6, 6.07) is -13.2. The van der Waals surface area contributed by atoms with Crippen LogP contribution in [-0.4, -0.2) is 226 Å². The fraction of sp³-hybridized carbons (Fsp3) is 0.787. The molecule has 0 spiro atoms. The number of nitrogens with one attached hydrogen (secondary N) is 5. The zero-order chi connectivity index (χ0) is 66.0. The SMILES string of the molecule is C/C=C/C[C@@H](C)[C@@H](O)[C@H]1C(=O)N[C@@H]([C@@H](C)O)C(=O)N(C)CC(=O)N(C)[C@H](CC(C)C)C(=O)N[C@H](C(C)C)C(=O)N(C)[C@H](CC(C)C)C(=O)N[C@@H](C)C(=O)N[C@H](C)C(=O)N(C)[C@@H](CC(C)C)C(=O)N(C)[C@@H](CC(C)C)C(=O)N[C@@H](C(C)C)C(=O)N1C. The van der Waals surface area contributed by atoms with Gasteiger partial charge in [0.1, 0.15) is 60.4 Å². The molecule has 0 bridgehead atoms. The lowest BCUT2D eigenvalue weighted by molar-refractivity contribution is -0.152. The lowest BCUT2D eigenvalue weighted by Gasteiger charge is -2.39. The highest BCUT2D eigenvalue weighted by Crippen LogP contribution is 2.24. The van der Waals surface area contributed by atoms with Crippen LogP contribution in [0.1, 0.15) is 150 Å². The van der Waals surface area contributed by atoms with Gasteiger partial charge in [0.05, 0.1) is 18.8 Å². The topological polar surface area (TPSA) is 308 Å². The second-order valence-electron chi connectivity index (χ2n) is 25.9. The van der Waals surface area contributed by atoms with Gasteiger partial charge in [-0.3, -0.25) is 52.7 Å². The number of amides is 11. The fourth-order valence-electron chi connectivity index (χ4n) is 10.2. The molecule has 1 aliphatic rings. The minimum Gasteiger partial charge on any atom is -0.391 e. The number of carbonyl (C=O) groups is 11. The Morgan fingerprint density at radius 3 is 1.21 bits per heavy atom. The molecule has 1 heterocycles. The summed E-state index contributed by atoms with van der Waals surface area (Å²) in [5.41, 5.74) is 0. The number of likely N-dealkylation sites (N-methyl/N-ethyl adjacent to an activating group) is 6. The summed E-state index contributed by atoms with van der Waals surface area (Å²) in [5, 5.41) is 36.7. The van der Waals surface area contributed by atoms with Crippen molar-refractivity contribution in [1.82, 2.24) is 56.0 Å². The van der Waals surface area contributed by atoms with Gasteiger partial charge >= 0.3 is 0 Å². The Balaban J connectivity index is 4.31. The maximum Gasteiger partial charge on any atom is 0.248 e. The molecule has 1 aliphatic heterocycles. The molecule has 0 aliphatic carbocycles. The molecule has 85 heavy (non-hydrogen) atoms. The molecule has 0 aromatic heterocycles. The maximum atomic E-state index is 14.9. The highest BCUT2D eigenvalue weighted by molar-refractivity contribution is 5.99. The van der Waals surface area contributed by atoms with E-state index in [0.717, 1.165) is 14.7 Å². The van der Waals surface area contributed by atoms with Crippen LogP contribution >= 0.6 is 0 Å². The third-order valence-corrected chi connectivity index (χ3v) is 15.7. The van der Waals surface area contributed by atoms with Crippen LogP contribution in [0.5, 0.6) is 0 Å². The first-order valence-corrected chi connectivity index (χ1v) is 30.2. The molecule has 11 amide bonds. The second-order valence-corrected chi connectivity index (χ2v) is 25.9. The number of nitrogens with zero attached hydrogens (tertiary/aromatic N) is 6. The van der Waals surface area contributed by atoms with Crippen molar-refractivity contribution in [2.75, 3.05) is 48.8 Å². The van der Waals surface area contributed by atoms with E-state index in [1.54, 1.807) is 53.7 Å². The van der Waals surface area contributed by atoms with Gasteiger partial charge in [0, 0.05) is 42.3 Å². The van der Waals surface area contributed by atoms with Crippen LogP contribution in [-0.2, 0) is 52.7 Å². The highest BCUT2D eigenvalue weighted by atomic mass is 16.3. The van der Waals surface area contributed by atoms with Crippen molar-refractivity contribution < 1.29 is 63.0 Å². The number of allylic oxidation sites excluding steroid dienone is 2. The van der Waals surface area contributed by atoms with E-state index >= 15 is 0 Å². The van der Waals surface area contributed by atoms with Crippen molar-refractivity contribution >= 4 is 65.0 Å². The summed E-state index contributed by atoms with van der Waals surface area (Å²) in [6.45, 7) is 28.3. The molecule has 24 heteroatoms. The second kappa shape index (κ2) is 34.8. The predicted octanol–water partition coefficient (Wildman–Crippen LogP) is 1.90. The molecule has 13 atom stereocenters. The largest absolute Gasteiger partial charge is 0.391 e. The number of aliphatic hydroxyl groups excluding tert-OH is 2. The van der Waals surface area contributed by atoms with Crippen LogP contribution < -0.4 is 26.6 Å². The maximum absolute atomic E-state index is 14.9. The van der Waals surface area contributed by atoms with Gasteiger partial charge in [-0.2, -0.15) is 0 Å². The normalized spacial score (nSPS) is 27.2. The Morgan fingerprint density at radius 1 is 0.435 bits per heavy atom. The van der Waals surface area contributed by atoms with Gasteiger partial charge < -0.3 is 66.2 Å². The molecule has 0 radical (unpaired) electrons. The smallest absolute Gasteiger partial charge is 0.248 e. The Bertz CT molecular complexity index is 2330. The zero-order valence-corrected chi connectivity index (χ0v) is 55.4. The molecule has 1 fully saturated rings. The minimum atomic E-state index is -1.74. The summed E-state index contributed by atoms with van der Waals surface area (Å²) in [5.74, 6) is -10.8.